The number of aromatic nitrogens is 2. The van der Waals surface area contributed by atoms with Gasteiger partial charge in [0.05, 0.1) is 5.69 Å². The number of hydrogen-bond acceptors (Lipinski definition) is 6. The summed E-state index contributed by atoms with van der Waals surface area (Å²) in [6.07, 6.45) is 2.01. The molecule has 1 saturated carbocycles. The Morgan fingerprint density at radius 2 is 1.86 bits per heavy atom. The molecule has 0 saturated heterocycles. The number of anilines is 3. The second-order valence-corrected chi connectivity index (χ2v) is 8.87. The lowest BCUT2D eigenvalue weighted by molar-refractivity contribution is -0.119. The van der Waals surface area contributed by atoms with Crippen molar-refractivity contribution in [1.82, 2.24) is 9.97 Å². The number of hydrogen-bond donors (Lipinski definition) is 1. The van der Waals surface area contributed by atoms with E-state index in [4.69, 9.17) is 4.98 Å². The van der Waals surface area contributed by atoms with Gasteiger partial charge in [-0.25, -0.2) is 9.37 Å². The molecule has 1 aromatic heterocycles. The summed E-state index contributed by atoms with van der Waals surface area (Å²) in [7, 11) is 3.67. The molecule has 1 amide bonds. The number of fused-ring (bicyclic) bond motifs is 1. The number of halogens is 1. The highest BCUT2D eigenvalue weighted by Gasteiger charge is 2.35. The van der Waals surface area contributed by atoms with Crippen molar-refractivity contribution in [3.63, 3.8) is 0 Å². The quantitative estimate of drug-likeness (QED) is 0.847. The molecule has 8 heteroatoms. The number of likely N-dealkylation sites (N-methyl/N-ethyl adjacent to an activating group) is 2. The van der Waals surface area contributed by atoms with E-state index in [1.165, 1.54) is 12.1 Å². The lowest BCUT2D eigenvalue weighted by Gasteiger charge is -2.38. The highest BCUT2D eigenvalue weighted by molar-refractivity contribution is 8.00. The number of thioether (sulfide) groups is 1. The van der Waals surface area contributed by atoms with Gasteiger partial charge in [-0.05, 0) is 51.0 Å². The van der Waals surface area contributed by atoms with Crippen molar-refractivity contribution in [2.75, 3.05) is 29.2 Å². The third-order valence-corrected chi connectivity index (χ3v) is 6.79. The van der Waals surface area contributed by atoms with E-state index in [0.717, 1.165) is 34.9 Å². The number of amides is 1. The number of carbonyl (C=O) groups is 1. The molecule has 1 aromatic carbocycles. The van der Waals surface area contributed by atoms with E-state index in [9.17, 15) is 9.18 Å². The minimum atomic E-state index is -0.250. The number of nitrogens with zero attached hydrogens (tertiary/aromatic N) is 4. The Morgan fingerprint density at radius 3 is 2.54 bits per heavy atom. The van der Waals surface area contributed by atoms with Crippen LogP contribution >= 0.6 is 11.8 Å². The van der Waals surface area contributed by atoms with Crippen LogP contribution in [0.4, 0.5) is 21.8 Å². The fourth-order valence-electron chi connectivity index (χ4n) is 3.66. The van der Waals surface area contributed by atoms with Crippen LogP contribution in [-0.4, -0.2) is 47.3 Å². The van der Waals surface area contributed by atoms with Gasteiger partial charge in [-0.1, -0.05) is 0 Å². The minimum absolute atomic E-state index is 0.0436. The molecule has 0 bridgehead atoms. The first-order chi connectivity index (χ1) is 13.3. The van der Waals surface area contributed by atoms with Gasteiger partial charge < -0.3 is 15.1 Å². The first-order valence-corrected chi connectivity index (χ1v) is 10.3. The lowest BCUT2D eigenvalue weighted by Crippen LogP contribution is -2.50. The fraction of sp³-hybridized carbons (Fsp3) is 0.450. The van der Waals surface area contributed by atoms with Gasteiger partial charge in [-0.2, -0.15) is 4.98 Å². The molecule has 0 spiro atoms. The first-order valence-electron chi connectivity index (χ1n) is 9.41. The predicted octanol–water partition coefficient (Wildman–Crippen LogP) is 3.46. The van der Waals surface area contributed by atoms with Gasteiger partial charge in [-0.15, -0.1) is 11.8 Å². The number of benzene rings is 1. The van der Waals surface area contributed by atoms with Gasteiger partial charge in [0.1, 0.15) is 17.5 Å². The van der Waals surface area contributed by atoms with Crippen LogP contribution in [0.2, 0.25) is 0 Å². The fourth-order valence-corrected chi connectivity index (χ4v) is 5.00. The van der Waals surface area contributed by atoms with E-state index in [0.29, 0.717) is 17.2 Å². The Balaban J connectivity index is 1.42. The lowest BCUT2D eigenvalue weighted by atomic mass is 9.92. The standard InChI is InChI=1S/C20H24FN5OS/c1-11-17-18(25(3)12(2)19(27)26(17)4)24-20(22-11)23-14-9-16(10-14)28-15-7-5-13(21)6-8-15/h5-8,12,14,16H,9-10H2,1-4H3,(H,22,23,24)/t12-,14-,16-/m0/s1. The van der Waals surface area contributed by atoms with E-state index < -0.39 is 0 Å². The van der Waals surface area contributed by atoms with Crippen molar-refractivity contribution in [3.8, 4) is 0 Å². The average Bonchev–Trinajstić information content (AvgIpc) is 2.64. The van der Waals surface area contributed by atoms with Crippen LogP contribution in [0, 0.1) is 12.7 Å². The van der Waals surface area contributed by atoms with Gasteiger partial charge in [0.25, 0.3) is 0 Å². The van der Waals surface area contributed by atoms with Crippen LogP contribution in [0.3, 0.4) is 0 Å². The van der Waals surface area contributed by atoms with Crippen LogP contribution in [0.1, 0.15) is 25.5 Å². The molecule has 2 heterocycles. The predicted molar refractivity (Wildman–Crippen MR) is 111 cm³/mol. The molecular weight excluding hydrogens is 377 g/mol. The van der Waals surface area contributed by atoms with Gasteiger partial charge >= 0.3 is 0 Å². The molecule has 1 aliphatic carbocycles. The summed E-state index contributed by atoms with van der Waals surface area (Å²) < 4.78 is 13.0. The molecule has 1 atom stereocenters. The largest absolute Gasteiger partial charge is 0.351 e. The smallest absolute Gasteiger partial charge is 0.249 e. The molecule has 2 aromatic rings. The van der Waals surface area contributed by atoms with Crippen LogP contribution in [-0.2, 0) is 4.79 Å². The maximum absolute atomic E-state index is 13.0. The molecular formula is C20H24FN5OS. The summed E-state index contributed by atoms with van der Waals surface area (Å²) in [5.74, 6) is 1.22. The molecule has 4 rings (SSSR count). The van der Waals surface area contributed by atoms with Crippen molar-refractivity contribution in [1.29, 1.82) is 0 Å². The maximum atomic E-state index is 13.0. The highest BCUT2D eigenvalue weighted by atomic mass is 32.2. The summed E-state index contributed by atoms with van der Waals surface area (Å²) in [5.41, 5.74) is 1.56. The summed E-state index contributed by atoms with van der Waals surface area (Å²) in [5, 5.41) is 3.94. The molecule has 0 radical (unpaired) electrons. The zero-order valence-corrected chi connectivity index (χ0v) is 17.3. The molecule has 1 fully saturated rings. The van der Waals surface area contributed by atoms with Crippen molar-refractivity contribution < 1.29 is 9.18 Å². The van der Waals surface area contributed by atoms with E-state index in [1.54, 1.807) is 23.7 Å². The van der Waals surface area contributed by atoms with E-state index in [1.807, 2.05) is 37.9 Å². The molecule has 1 aliphatic heterocycles. The normalized spacial score (nSPS) is 24.0. The Bertz CT molecular complexity index is 900. The third-order valence-electron chi connectivity index (χ3n) is 5.52. The number of carbonyl (C=O) groups excluding carboxylic acids is 1. The first kappa shape index (κ1) is 19.0. The van der Waals surface area contributed by atoms with Crippen LogP contribution in [0.15, 0.2) is 29.2 Å². The Labute approximate surface area is 168 Å². The highest BCUT2D eigenvalue weighted by Crippen LogP contribution is 2.39. The van der Waals surface area contributed by atoms with Crippen LogP contribution in [0.5, 0.6) is 0 Å². The zero-order valence-electron chi connectivity index (χ0n) is 16.4. The Kier molecular flexibility index (Phi) is 4.91. The number of nitrogens with one attached hydrogen (secondary N) is 1. The van der Waals surface area contributed by atoms with Crippen LogP contribution < -0.4 is 15.1 Å². The van der Waals surface area contributed by atoms with Crippen molar-refractivity contribution in [2.24, 2.45) is 0 Å². The van der Waals surface area contributed by atoms with E-state index in [-0.39, 0.29) is 17.8 Å². The molecule has 28 heavy (non-hydrogen) atoms. The zero-order chi connectivity index (χ0) is 20.0. The Morgan fingerprint density at radius 1 is 1.18 bits per heavy atom. The van der Waals surface area contributed by atoms with Gasteiger partial charge in [0.15, 0.2) is 5.82 Å². The topological polar surface area (TPSA) is 61.4 Å². The number of aryl methyl sites for hydroxylation is 1. The SMILES string of the molecule is Cc1nc(N[C@H]2C[C@H](Sc3ccc(F)cc3)C2)nc2c1N(C)C(=O)[C@H](C)N2C. The minimum Gasteiger partial charge on any atom is -0.351 e. The average molecular weight is 402 g/mol. The summed E-state index contributed by atoms with van der Waals surface area (Å²) >= 11 is 1.78. The molecule has 2 aliphatic rings. The third kappa shape index (κ3) is 3.41. The van der Waals surface area contributed by atoms with Gasteiger partial charge in [0.2, 0.25) is 11.9 Å². The molecule has 148 valence electrons. The number of rotatable bonds is 4. The van der Waals surface area contributed by atoms with Crippen molar-refractivity contribution >= 4 is 35.1 Å². The molecule has 0 unspecified atom stereocenters. The molecule has 6 nitrogen and oxygen atoms in total. The monoisotopic (exact) mass is 401 g/mol. The summed E-state index contributed by atoms with van der Waals surface area (Å²) in [6, 6.07) is 6.72. The second-order valence-electron chi connectivity index (χ2n) is 7.50. The van der Waals surface area contributed by atoms with Gasteiger partial charge in [0, 0.05) is 30.3 Å². The van der Waals surface area contributed by atoms with E-state index >= 15 is 0 Å². The summed E-state index contributed by atoms with van der Waals surface area (Å²) in [6.45, 7) is 3.79. The van der Waals surface area contributed by atoms with Crippen LogP contribution in [0.25, 0.3) is 0 Å². The maximum Gasteiger partial charge on any atom is 0.249 e. The second kappa shape index (κ2) is 7.24. The van der Waals surface area contributed by atoms with E-state index in [2.05, 4.69) is 10.3 Å². The Hall–Kier alpha value is -2.35. The van der Waals surface area contributed by atoms with Crippen molar-refractivity contribution in [3.05, 3.63) is 35.8 Å². The summed E-state index contributed by atoms with van der Waals surface area (Å²) in [4.78, 5) is 26.3. The van der Waals surface area contributed by atoms with Gasteiger partial charge in [-0.3, -0.25) is 4.79 Å². The van der Waals surface area contributed by atoms with Crippen molar-refractivity contribution in [2.45, 2.75) is 48.9 Å². The molecule has 1 N–H and O–H groups in total.